The van der Waals surface area contributed by atoms with Crippen molar-refractivity contribution in [2.24, 2.45) is 0 Å². The Morgan fingerprint density at radius 3 is 2.25 bits per heavy atom. The topological polar surface area (TPSA) is 37.3 Å². The van der Waals surface area contributed by atoms with E-state index < -0.39 is 6.92 Å². The van der Waals surface area contributed by atoms with Crippen molar-refractivity contribution in [1.29, 1.82) is 0 Å². The van der Waals surface area contributed by atoms with Crippen molar-refractivity contribution in [2.45, 2.75) is 6.82 Å². The molecule has 0 heterocycles. The second-order valence-electron chi connectivity index (χ2n) is 4.55. The highest BCUT2D eigenvalue weighted by atomic mass is 127. The predicted molar refractivity (Wildman–Crippen MR) is 92.4 cm³/mol. The van der Waals surface area contributed by atoms with Crippen LogP contribution in [0.3, 0.4) is 0 Å². The largest absolute Gasteiger partial charge is 0.447 e. The maximum absolute atomic E-state index is 12.0. The van der Waals surface area contributed by atoms with Gasteiger partial charge in [-0.2, -0.15) is 0 Å². The summed E-state index contributed by atoms with van der Waals surface area (Å²) in [6.07, 6.45) is 3.38. The molecular formula is C16H14BIO2. The lowest BCUT2D eigenvalue weighted by atomic mass is 9.64. The van der Waals surface area contributed by atoms with Crippen LogP contribution in [0, 0.1) is 3.57 Å². The molecule has 0 saturated heterocycles. The van der Waals surface area contributed by atoms with E-state index in [1.165, 1.54) is 3.57 Å². The van der Waals surface area contributed by atoms with Crippen molar-refractivity contribution < 1.29 is 9.82 Å². The lowest BCUT2D eigenvalue weighted by Crippen LogP contribution is -2.25. The van der Waals surface area contributed by atoms with Gasteiger partial charge in [0.2, 0.25) is 0 Å². The smallest absolute Gasteiger partial charge is 0.320 e. The third-order valence-electron chi connectivity index (χ3n) is 2.97. The van der Waals surface area contributed by atoms with E-state index in [4.69, 9.17) is 0 Å². The van der Waals surface area contributed by atoms with E-state index in [0.717, 1.165) is 11.0 Å². The summed E-state index contributed by atoms with van der Waals surface area (Å²) in [5.41, 5.74) is 2.43. The summed E-state index contributed by atoms with van der Waals surface area (Å²) < 4.78 is 1.17. The standard InChI is InChI=1S/C16H14BIO2/c1-17(20)14-7-5-13(6-8-14)16(19)11-4-12-2-9-15(18)10-3-12/h2-11,20H,1H3/b11-4+. The Kier molecular flexibility index (Phi) is 5.14. The normalized spacial score (nSPS) is 10.8. The molecule has 0 unspecified atom stereocenters. The van der Waals surface area contributed by atoms with E-state index >= 15 is 0 Å². The van der Waals surface area contributed by atoms with Gasteiger partial charge in [-0.25, -0.2) is 0 Å². The highest BCUT2D eigenvalue weighted by Crippen LogP contribution is 2.09. The molecule has 0 aromatic heterocycles. The number of hydrogen-bond donors (Lipinski definition) is 1. The number of hydrogen-bond acceptors (Lipinski definition) is 2. The van der Waals surface area contributed by atoms with Gasteiger partial charge in [0, 0.05) is 9.13 Å². The fourth-order valence-electron chi connectivity index (χ4n) is 1.77. The van der Waals surface area contributed by atoms with Crippen LogP contribution in [0.1, 0.15) is 15.9 Å². The molecule has 0 saturated carbocycles. The first kappa shape index (κ1) is 15.0. The third kappa shape index (κ3) is 4.05. The van der Waals surface area contributed by atoms with Gasteiger partial charge in [0.1, 0.15) is 0 Å². The second-order valence-corrected chi connectivity index (χ2v) is 5.79. The molecule has 2 aromatic carbocycles. The summed E-state index contributed by atoms with van der Waals surface area (Å²) in [4.78, 5) is 12.0. The van der Waals surface area contributed by atoms with Crippen LogP contribution < -0.4 is 5.46 Å². The molecule has 0 aliphatic carbocycles. The van der Waals surface area contributed by atoms with E-state index in [9.17, 15) is 9.82 Å². The molecule has 20 heavy (non-hydrogen) atoms. The summed E-state index contributed by atoms with van der Waals surface area (Å²) in [6.45, 7) is 1.19. The van der Waals surface area contributed by atoms with Crippen molar-refractivity contribution in [3.63, 3.8) is 0 Å². The highest BCUT2D eigenvalue weighted by Gasteiger charge is 2.07. The van der Waals surface area contributed by atoms with Crippen LogP contribution in [0.5, 0.6) is 0 Å². The lowest BCUT2D eigenvalue weighted by molar-refractivity contribution is 0.104. The Bertz CT molecular complexity index is 616. The molecular weight excluding hydrogens is 362 g/mol. The molecule has 0 bridgehead atoms. The fourth-order valence-corrected chi connectivity index (χ4v) is 2.13. The average molecular weight is 376 g/mol. The van der Waals surface area contributed by atoms with Gasteiger partial charge >= 0.3 is 6.92 Å². The third-order valence-corrected chi connectivity index (χ3v) is 3.69. The van der Waals surface area contributed by atoms with Crippen molar-refractivity contribution in [1.82, 2.24) is 0 Å². The van der Waals surface area contributed by atoms with E-state index in [0.29, 0.717) is 5.56 Å². The van der Waals surface area contributed by atoms with Crippen LogP contribution in [0.25, 0.3) is 6.08 Å². The van der Waals surface area contributed by atoms with Crippen molar-refractivity contribution in [3.05, 3.63) is 69.3 Å². The van der Waals surface area contributed by atoms with Crippen LogP contribution in [-0.4, -0.2) is 17.7 Å². The Morgan fingerprint density at radius 2 is 1.70 bits per heavy atom. The van der Waals surface area contributed by atoms with Crippen molar-refractivity contribution >= 4 is 46.8 Å². The summed E-state index contributed by atoms with van der Waals surface area (Å²) >= 11 is 2.24. The first-order valence-corrected chi connectivity index (χ1v) is 7.40. The van der Waals surface area contributed by atoms with Crippen LogP contribution in [0.2, 0.25) is 6.82 Å². The van der Waals surface area contributed by atoms with Gasteiger partial charge in [-0.1, -0.05) is 49.3 Å². The maximum atomic E-state index is 12.0. The highest BCUT2D eigenvalue weighted by molar-refractivity contribution is 14.1. The zero-order chi connectivity index (χ0) is 14.5. The molecule has 4 heteroatoms. The molecule has 0 spiro atoms. The Balaban J connectivity index is 2.09. The van der Waals surface area contributed by atoms with E-state index in [2.05, 4.69) is 22.6 Å². The van der Waals surface area contributed by atoms with Crippen LogP contribution in [0.4, 0.5) is 0 Å². The summed E-state index contributed by atoms with van der Waals surface area (Å²) in [5.74, 6) is -0.0410. The molecule has 0 amide bonds. The summed E-state index contributed by atoms with van der Waals surface area (Å²) in [7, 11) is 0. The number of carbonyl (C=O) groups excluding carboxylic acids is 1. The first-order valence-electron chi connectivity index (χ1n) is 6.32. The maximum Gasteiger partial charge on any atom is 0.320 e. The molecule has 2 nitrogen and oxygen atoms in total. The first-order chi connectivity index (χ1) is 9.56. The summed E-state index contributed by atoms with van der Waals surface area (Å²) in [6, 6.07) is 15.0. The molecule has 0 radical (unpaired) electrons. The molecule has 2 aromatic rings. The minimum absolute atomic E-state index is 0.0410. The minimum atomic E-state index is -0.513. The van der Waals surface area contributed by atoms with Gasteiger partial charge in [-0.3, -0.25) is 4.79 Å². The van der Waals surface area contributed by atoms with Gasteiger partial charge in [-0.15, -0.1) is 0 Å². The predicted octanol–water partition coefficient (Wildman–Crippen LogP) is 3.01. The van der Waals surface area contributed by atoms with Gasteiger partial charge in [0.05, 0.1) is 0 Å². The minimum Gasteiger partial charge on any atom is -0.447 e. The van der Waals surface area contributed by atoms with Crippen molar-refractivity contribution in [3.8, 4) is 0 Å². The van der Waals surface area contributed by atoms with Gasteiger partial charge in [0.15, 0.2) is 5.78 Å². The number of rotatable bonds is 4. The Labute approximate surface area is 132 Å². The zero-order valence-corrected chi connectivity index (χ0v) is 13.2. The van der Waals surface area contributed by atoms with Gasteiger partial charge < -0.3 is 5.02 Å². The second kappa shape index (κ2) is 6.86. The number of carbonyl (C=O) groups is 1. The van der Waals surface area contributed by atoms with Gasteiger partial charge in [-0.05, 0) is 51.8 Å². The number of ketones is 1. The number of allylic oxidation sites excluding steroid dienone is 1. The van der Waals surface area contributed by atoms with E-state index in [1.807, 2.05) is 24.3 Å². The van der Waals surface area contributed by atoms with Crippen molar-refractivity contribution in [2.75, 3.05) is 0 Å². The van der Waals surface area contributed by atoms with E-state index in [1.54, 1.807) is 43.2 Å². The zero-order valence-electron chi connectivity index (χ0n) is 11.1. The molecule has 0 aliphatic rings. The average Bonchev–Trinajstić information content (AvgIpc) is 2.46. The molecule has 0 atom stereocenters. The van der Waals surface area contributed by atoms with Crippen LogP contribution in [-0.2, 0) is 0 Å². The summed E-state index contributed by atoms with van der Waals surface area (Å²) in [5, 5.41) is 9.43. The number of halogens is 1. The Hall–Kier alpha value is -1.40. The SMILES string of the molecule is CB(O)c1ccc(C(=O)/C=C/c2ccc(I)cc2)cc1. The lowest BCUT2D eigenvalue weighted by Gasteiger charge is -2.01. The number of benzene rings is 2. The monoisotopic (exact) mass is 376 g/mol. The molecule has 1 N–H and O–H groups in total. The molecule has 0 fully saturated rings. The van der Waals surface area contributed by atoms with Crippen LogP contribution >= 0.6 is 22.6 Å². The Morgan fingerprint density at radius 1 is 1.10 bits per heavy atom. The molecule has 100 valence electrons. The van der Waals surface area contributed by atoms with Crippen LogP contribution in [0.15, 0.2) is 54.6 Å². The van der Waals surface area contributed by atoms with E-state index in [-0.39, 0.29) is 5.78 Å². The fraction of sp³-hybridized carbons (Fsp3) is 0.0625. The quantitative estimate of drug-likeness (QED) is 0.386. The van der Waals surface area contributed by atoms with Gasteiger partial charge in [0.25, 0.3) is 0 Å². The molecule has 0 aliphatic heterocycles. The molecule has 2 rings (SSSR count).